The normalized spacial score (nSPS) is 10.8. The minimum absolute atomic E-state index is 0. The van der Waals surface area contributed by atoms with E-state index in [2.05, 4.69) is 83.4 Å². The third-order valence-electron chi connectivity index (χ3n) is 4.63. The summed E-state index contributed by atoms with van der Waals surface area (Å²) in [7, 11) is 0. The first-order valence-corrected chi connectivity index (χ1v) is 8.40. The van der Waals surface area contributed by atoms with E-state index < -0.39 is 0 Å². The van der Waals surface area contributed by atoms with E-state index in [1.165, 1.54) is 27.4 Å². The SMILES string of the molecule is [Y].[c-]1ccccc1-c1cccc2c3ccccc3n(-c3[c-]cccc3)c12. The Kier molecular flexibility index (Phi) is 4.76. The van der Waals surface area contributed by atoms with Crippen LogP contribution in [0.25, 0.3) is 38.6 Å². The van der Waals surface area contributed by atoms with Gasteiger partial charge in [0.1, 0.15) is 0 Å². The molecule has 0 amide bonds. The topological polar surface area (TPSA) is 4.93 Å². The fourth-order valence-corrected chi connectivity index (χ4v) is 3.57. The smallest absolute Gasteiger partial charge is 0.0511 e. The average Bonchev–Trinajstić information content (AvgIpc) is 3.04. The zero-order chi connectivity index (χ0) is 16.6. The van der Waals surface area contributed by atoms with E-state index in [1.54, 1.807) is 0 Å². The number of rotatable bonds is 2. The molecule has 0 aliphatic rings. The molecule has 1 aromatic heterocycles. The van der Waals surface area contributed by atoms with E-state index in [4.69, 9.17) is 0 Å². The molecule has 0 saturated heterocycles. The standard InChI is InChI=1S/C24H15N.Y/c1-3-10-18(11-4-1)20-15-9-16-22-21-14-7-8-17-23(21)25(24(20)22)19-12-5-2-6-13-19;/h1-10,12,14-17H;/q-2;. The van der Waals surface area contributed by atoms with E-state index in [-0.39, 0.29) is 32.7 Å². The Hall–Kier alpha value is -2.22. The first-order valence-electron chi connectivity index (χ1n) is 8.40. The van der Waals surface area contributed by atoms with Crippen LogP contribution in [-0.2, 0) is 32.7 Å². The van der Waals surface area contributed by atoms with Crippen LogP contribution in [0, 0.1) is 12.1 Å². The molecule has 0 spiro atoms. The van der Waals surface area contributed by atoms with Crippen LogP contribution in [-0.4, -0.2) is 4.57 Å². The monoisotopic (exact) mass is 406 g/mol. The number of aromatic nitrogens is 1. The summed E-state index contributed by atoms with van der Waals surface area (Å²) in [6, 6.07) is 38.1. The molecule has 121 valence electrons. The van der Waals surface area contributed by atoms with Crippen LogP contribution in [0.2, 0.25) is 0 Å². The molecule has 0 bridgehead atoms. The Morgan fingerprint density at radius 3 is 2.12 bits per heavy atom. The summed E-state index contributed by atoms with van der Waals surface area (Å²) >= 11 is 0. The maximum absolute atomic E-state index is 3.39. The second-order valence-corrected chi connectivity index (χ2v) is 6.08. The van der Waals surface area contributed by atoms with Crippen molar-refractivity contribution < 1.29 is 32.7 Å². The van der Waals surface area contributed by atoms with Crippen LogP contribution < -0.4 is 0 Å². The molecule has 0 aliphatic carbocycles. The second kappa shape index (κ2) is 7.19. The summed E-state index contributed by atoms with van der Waals surface area (Å²) < 4.78 is 2.31. The first kappa shape index (κ1) is 17.2. The second-order valence-electron chi connectivity index (χ2n) is 6.08. The van der Waals surface area contributed by atoms with Gasteiger partial charge in [0.15, 0.2) is 0 Å². The van der Waals surface area contributed by atoms with Gasteiger partial charge in [0.25, 0.3) is 0 Å². The number of hydrogen-bond acceptors (Lipinski definition) is 0. The van der Waals surface area contributed by atoms with Crippen molar-refractivity contribution in [3.63, 3.8) is 0 Å². The summed E-state index contributed by atoms with van der Waals surface area (Å²) in [5.41, 5.74) is 5.74. The Morgan fingerprint density at radius 2 is 1.35 bits per heavy atom. The average molecular weight is 406 g/mol. The van der Waals surface area contributed by atoms with E-state index in [9.17, 15) is 0 Å². The number of hydrogen-bond donors (Lipinski definition) is 0. The molecule has 1 heterocycles. The molecule has 0 fully saturated rings. The molecule has 0 unspecified atom stereocenters. The van der Waals surface area contributed by atoms with Gasteiger partial charge in [-0.15, -0.1) is 42.0 Å². The van der Waals surface area contributed by atoms with Gasteiger partial charge in [-0.1, -0.05) is 47.6 Å². The zero-order valence-corrected chi connectivity index (χ0v) is 17.0. The van der Waals surface area contributed by atoms with Gasteiger partial charge in [0.05, 0.1) is 5.52 Å². The van der Waals surface area contributed by atoms with Gasteiger partial charge >= 0.3 is 0 Å². The van der Waals surface area contributed by atoms with Gasteiger partial charge < -0.3 is 4.57 Å². The molecule has 5 rings (SSSR count). The Bertz CT molecular complexity index is 1170. The van der Waals surface area contributed by atoms with Crippen molar-refractivity contribution in [2.24, 2.45) is 0 Å². The molecule has 0 aliphatic heterocycles. The zero-order valence-electron chi connectivity index (χ0n) is 14.2. The van der Waals surface area contributed by atoms with Crippen LogP contribution >= 0.6 is 0 Å². The summed E-state index contributed by atoms with van der Waals surface area (Å²) in [5, 5.41) is 2.51. The van der Waals surface area contributed by atoms with Crippen LogP contribution in [0.1, 0.15) is 0 Å². The van der Waals surface area contributed by atoms with E-state index in [0.29, 0.717) is 0 Å². The third kappa shape index (κ3) is 2.72. The van der Waals surface area contributed by atoms with Gasteiger partial charge in [-0.25, -0.2) is 0 Å². The van der Waals surface area contributed by atoms with Gasteiger partial charge in [-0.3, -0.25) is 0 Å². The maximum atomic E-state index is 3.39. The molecule has 0 atom stereocenters. The van der Waals surface area contributed by atoms with Crippen LogP contribution in [0.4, 0.5) is 0 Å². The fraction of sp³-hybridized carbons (Fsp3) is 0. The molecule has 2 heteroatoms. The van der Waals surface area contributed by atoms with Gasteiger partial charge in [0.2, 0.25) is 0 Å². The Labute approximate surface area is 178 Å². The molecule has 0 N–H and O–H groups in total. The maximum Gasteiger partial charge on any atom is 0.0511 e. The quantitative estimate of drug-likeness (QED) is 0.315. The van der Waals surface area contributed by atoms with E-state index in [0.717, 1.165) is 11.3 Å². The number of fused-ring (bicyclic) bond motifs is 3. The summed E-state index contributed by atoms with van der Waals surface area (Å²) in [5.74, 6) is 0. The molecule has 0 saturated carbocycles. The van der Waals surface area contributed by atoms with Crippen molar-refractivity contribution in [3.05, 3.63) is 103 Å². The van der Waals surface area contributed by atoms with Crippen LogP contribution in [0.15, 0.2) is 91.0 Å². The van der Waals surface area contributed by atoms with Crippen molar-refractivity contribution in [1.29, 1.82) is 0 Å². The van der Waals surface area contributed by atoms with E-state index >= 15 is 0 Å². The first-order chi connectivity index (χ1) is 12.4. The molecule has 5 aromatic rings. The van der Waals surface area contributed by atoms with Gasteiger partial charge in [-0.2, -0.15) is 24.3 Å². The Morgan fingerprint density at radius 1 is 0.615 bits per heavy atom. The molecular weight excluding hydrogens is 391 g/mol. The summed E-state index contributed by atoms with van der Waals surface area (Å²) in [6.07, 6.45) is 0. The molecule has 26 heavy (non-hydrogen) atoms. The number of benzene rings is 4. The summed E-state index contributed by atoms with van der Waals surface area (Å²) in [4.78, 5) is 0. The van der Waals surface area contributed by atoms with Crippen molar-refractivity contribution in [3.8, 4) is 16.8 Å². The minimum Gasteiger partial charge on any atom is -0.341 e. The van der Waals surface area contributed by atoms with Crippen molar-refractivity contribution in [2.45, 2.75) is 0 Å². The number of para-hydroxylation sites is 3. The molecule has 1 radical (unpaired) electrons. The van der Waals surface area contributed by atoms with Crippen LogP contribution in [0.5, 0.6) is 0 Å². The summed E-state index contributed by atoms with van der Waals surface area (Å²) in [6.45, 7) is 0. The fourth-order valence-electron chi connectivity index (χ4n) is 3.57. The van der Waals surface area contributed by atoms with Crippen LogP contribution in [0.3, 0.4) is 0 Å². The predicted octanol–water partition coefficient (Wildman–Crippen LogP) is 6.05. The van der Waals surface area contributed by atoms with Gasteiger partial charge in [0, 0.05) is 43.6 Å². The van der Waals surface area contributed by atoms with E-state index in [1.807, 2.05) is 24.3 Å². The van der Waals surface area contributed by atoms with Crippen molar-refractivity contribution >= 4 is 21.8 Å². The largest absolute Gasteiger partial charge is 0.341 e. The molecule has 4 aromatic carbocycles. The predicted molar refractivity (Wildman–Crippen MR) is 104 cm³/mol. The minimum atomic E-state index is 0. The third-order valence-corrected chi connectivity index (χ3v) is 4.63. The Balaban J connectivity index is 0.00000168. The van der Waals surface area contributed by atoms with Crippen molar-refractivity contribution in [2.75, 3.05) is 0 Å². The molecular formula is C24H15NY-2. The molecule has 1 nitrogen and oxygen atoms in total. The van der Waals surface area contributed by atoms with Gasteiger partial charge in [-0.05, 0) is 11.5 Å². The number of nitrogens with zero attached hydrogens (tertiary/aromatic N) is 1. The van der Waals surface area contributed by atoms with Crippen molar-refractivity contribution in [1.82, 2.24) is 4.57 Å².